The average molecular weight is 623 g/mol. The van der Waals surface area contributed by atoms with Crippen LogP contribution in [0.2, 0.25) is 0 Å². The molecule has 0 amide bonds. The van der Waals surface area contributed by atoms with Crippen LogP contribution in [0.25, 0.3) is 104 Å². The minimum Gasteiger partial charge on any atom is -0.308 e. The van der Waals surface area contributed by atoms with Crippen molar-refractivity contribution < 1.29 is 0 Å². The van der Waals surface area contributed by atoms with E-state index < -0.39 is 0 Å². The fourth-order valence-electron chi connectivity index (χ4n) is 8.94. The van der Waals surface area contributed by atoms with E-state index >= 15 is 0 Å². The Morgan fingerprint density at radius 1 is 0.367 bits per heavy atom. The molecule has 0 N–H and O–H groups in total. The maximum atomic E-state index is 4.99. The lowest BCUT2D eigenvalue weighted by molar-refractivity contribution is 1.14. The first-order valence-electron chi connectivity index (χ1n) is 16.8. The molecule has 0 aliphatic rings. The number of aromatic nitrogens is 4. The average Bonchev–Trinajstić information content (AvgIpc) is 3.89. The van der Waals surface area contributed by atoms with Crippen LogP contribution in [0, 0.1) is 0 Å². The Bertz CT molecular complexity index is 3320. The van der Waals surface area contributed by atoms with Gasteiger partial charge >= 0.3 is 0 Å². The fourth-order valence-corrected chi connectivity index (χ4v) is 8.94. The molecule has 226 valence electrons. The van der Waals surface area contributed by atoms with E-state index in [9.17, 15) is 0 Å². The van der Waals surface area contributed by atoms with Gasteiger partial charge in [-0.1, -0.05) is 109 Å². The Morgan fingerprint density at radius 3 is 1.84 bits per heavy atom. The molecule has 4 heteroatoms. The van der Waals surface area contributed by atoms with Crippen LogP contribution in [-0.4, -0.2) is 18.5 Å². The van der Waals surface area contributed by atoms with Crippen molar-refractivity contribution in [2.75, 3.05) is 0 Å². The van der Waals surface area contributed by atoms with Crippen LogP contribution in [0.1, 0.15) is 0 Å². The summed E-state index contributed by atoms with van der Waals surface area (Å²) < 4.78 is 7.36. The number of benzene rings is 7. The highest BCUT2D eigenvalue weighted by molar-refractivity contribution is 6.37. The summed E-state index contributed by atoms with van der Waals surface area (Å²) in [5, 5.41) is 12.5. The van der Waals surface area contributed by atoms with Gasteiger partial charge in [0.2, 0.25) is 0 Å². The maximum absolute atomic E-state index is 4.99. The van der Waals surface area contributed by atoms with Gasteiger partial charge < -0.3 is 13.5 Å². The van der Waals surface area contributed by atoms with E-state index in [4.69, 9.17) is 4.98 Å². The summed E-state index contributed by atoms with van der Waals surface area (Å²) in [5.41, 5.74) is 10.6. The van der Waals surface area contributed by atoms with E-state index in [0.717, 1.165) is 16.9 Å². The first-order valence-corrected chi connectivity index (χ1v) is 16.8. The van der Waals surface area contributed by atoms with Crippen molar-refractivity contribution >= 4 is 92.5 Å². The summed E-state index contributed by atoms with van der Waals surface area (Å²) in [6, 6.07) is 53.0. The zero-order valence-electron chi connectivity index (χ0n) is 26.3. The topological polar surface area (TPSA) is 27.2 Å². The molecule has 0 unspecified atom stereocenters. The molecule has 49 heavy (non-hydrogen) atoms. The molecule has 5 heterocycles. The smallest absolute Gasteiger partial charge is 0.0746 e. The molecule has 0 radical (unpaired) electrons. The summed E-state index contributed by atoms with van der Waals surface area (Å²) in [4.78, 5) is 4.99. The number of nitrogens with zero attached hydrogens (tertiary/aromatic N) is 4. The van der Waals surface area contributed by atoms with Crippen molar-refractivity contribution in [2.45, 2.75) is 0 Å². The molecule has 0 saturated heterocycles. The lowest BCUT2D eigenvalue weighted by Crippen LogP contribution is -1.98. The number of hydrogen-bond donors (Lipinski definition) is 0. The number of rotatable bonds is 2. The maximum Gasteiger partial charge on any atom is 0.0746 e. The van der Waals surface area contributed by atoms with Crippen molar-refractivity contribution in [2.24, 2.45) is 0 Å². The van der Waals surface area contributed by atoms with Crippen LogP contribution in [-0.2, 0) is 0 Å². The molecule has 12 rings (SSSR count). The largest absolute Gasteiger partial charge is 0.308 e. The third-order valence-corrected chi connectivity index (χ3v) is 10.8. The van der Waals surface area contributed by atoms with Crippen LogP contribution >= 0.6 is 0 Å². The van der Waals surface area contributed by atoms with Crippen LogP contribution < -0.4 is 0 Å². The molecule has 0 bridgehead atoms. The highest BCUT2D eigenvalue weighted by Crippen LogP contribution is 2.48. The lowest BCUT2D eigenvalue weighted by Gasteiger charge is -2.12. The normalized spacial score (nSPS) is 12.5. The zero-order valence-corrected chi connectivity index (χ0v) is 26.3. The zero-order chi connectivity index (χ0) is 31.8. The minimum absolute atomic E-state index is 1.08. The minimum atomic E-state index is 1.08. The van der Waals surface area contributed by atoms with Crippen molar-refractivity contribution in [3.63, 3.8) is 0 Å². The van der Waals surface area contributed by atoms with Crippen molar-refractivity contribution in [1.82, 2.24) is 18.5 Å². The van der Waals surface area contributed by atoms with Crippen LogP contribution in [0.4, 0.5) is 0 Å². The molecule has 0 spiro atoms. The molecular formula is C45H26N4. The standard InChI is InChI=1S/C45H26N4/c1-2-13-28(14-3-1)47-36-20-10-7-17-31(36)41-39(47)25-46-26-40(41)49-38-24-34-30-16-6-9-19-35(30)48-37-21-11-8-18-32(37)43(45(34)48)42(38)33-23-22-27-12-4-5-15-29(27)44(33)49/h1-26H. The first-order chi connectivity index (χ1) is 24.4. The van der Waals surface area contributed by atoms with E-state index in [2.05, 4.69) is 165 Å². The summed E-state index contributed by atoms with van der Waals surface area (Å²) in [6.45, 7) is 0. The lowest BCUT2D eigenvalue weighted by atomic mass is 10.0. The van der Waals surface area contributed by atoms with E-state index in [0.29, 0.717) is 0 Å². The van der Waals surface area contributed by atoms with Crippen molar-refractivity contribution in [3.05, 3.63) is 158 Å². The number of hydrogen-bond acceptors (Lipinski definition) is 1. The number of fused-ring (bicyclic) bond motifs is 15. The molecular weight excluding hydrogens is 597 g/mol. The molecule has 4 nitrogen and oxygen atoms in total. The van der Waals surface area contributed by atoms with Crippen LogP contribution in [0.3, 0.4) is 0 Å². The Labute approximate surface area is 279 Å². The summed E-state index contributed by atoms with van der Waals surface area (Å²) in [7, 11) is 0. The quantitative estimate of drug-likeness (QED) is 0.188. The van der Waals surface area contributed by atoms with E-state index in [1.807, 2.05) is 6.20 Å². The number of pyridine rings is 1. The van der Waals surface area contributed by atoms with Gasteiger partial charge in [-0.25, -0.2) is 0 Å². The molecule has 0 fully saturated rings. The highest BCUT2D eigenvalue weighted by Gasteiger charge is 2.26. The van der Waals surface area contributed by atoms with Crippen LogP contribution in [0.15, 0.2) is 158 Å². The molecule has 0 atom stereocenters. The second-order valence-electron chi connectivity index (χ2n) is 13.2. The summed E-state index contributed by atoms with van der Waals surface area (Å²) in [6.07, 6.45) is 4.10. The number of para-hydroxylation sites is 4. The Morgan fingerprint density at radius 2 is 1.02 bits per heavy atom. The van der Waals surface area contributed by atoms with Crippen molar-refractivity contribution in [1.29, 1.82) is 0 Å². The summed E-state index contributed by atoms with van der Waals surface area (Å²) >= 11 is 0. The van der Waals surface area contributed by atoms with Gasteiger partial charge in [-0.3, -0.25) is 4.98 Å². The van der Waals surface area contributed by atoms with Gasteiger partial charge in [0.25, 0.3) is 0 Å². The van der Waals surface area contributed by atoms with E-state index in [-0.39, 0.29) is 0 Å². The molecule has 0 saturated carbocycles. The van der Waals surface area contributed by atoms with Crippen LogP contribution in [0.5, 0.6) is 0 Å². The van der Waals surface area contributed by atoms with Gasteiger partial charge in [0.05, 0.1) is 56.7 Å². The van der Waals surface area contributed by atoms with Gasteiger partial charge in [0, 0.05) is 54.2 Å². The first kappa shape index (κ1) is 25.4. The van der Waals surface area contributed by atoms with Gasteiger partial charge in [-0.2, -0.15) is 0 Å². The molecule has 5 aromatic heterocycles. The van der Waals surface area contributed by atoms with Gasteiger partial charge in [-0.05, 0) is 41.8 Å². The fraction of sp³-hybridized carbons (Fsp3) is 0. The third kappa shape index (κ3) is 3.07. The monoisotopic (exact) mass is 622 g/mol. The second kappa shape index (κ2) is 9.03. The van der Waals surface area contributed by atoms with E-state index in [1.165, 1.54) is 87.0 Å². The van der Waals surface area contributed by atoms with E-state index in [1.54, 1.807) is 0 Å². The van der Waals surface area contributed by atoms with Crippen molar-refractivity contribution in [3.8, 4) is 11.4 Å². The SMILES string of the molecule is c1ccc(-n2c3ccccc3c3c(-n4c5cc6c7ccccc7n7c8ccccc8c(c5c5ccc8ccccc8c54)c67)cncc32)cc1. The molecule has 0 aliphatic carbocycles. The van der Waals surface area contributed by atoms with Gasteiger partial charge in [0.1, 0.15) is 0 Å². The summed E-state index contributed by atoms with van der Waals surface area (Å²) in [5.74, 6) is 0. The van der Waals surface area contributed by atoms with Gasteiger partial charge in [0.15, 0.2) is 0 Å². The Kier molecular flexibility index (Phi) is 4.69. The highest BCUT2D eigenvalue weighted by atomic mass is 15.0. The van der Waals surface area contributed by atoms with Gasteiger partial charge in [-0.15, -0.1) is 0 Å². The molecule has 7 aromatic carbocycles. The molecule has 12 aromatic rings. The third-order valence-electron chi connectivity index (χ3n) is 10.8. The Balaban J connectivity index is 1.38. The molecule has 0 aliphatic heterocycles. The predicted molar refractivity (Wildman–Crippen MR) is 205 cm³/mol. The Hall–Kier alpha value is -6.65. The predicted octanol–water partition coefficient (Wildman–Crippen LogP) is 11.6. The second-order valence-corrected chi connectivity index (χ2v) is 13.2.